The molecule has 5 rings (SSSR count). The number of benzene rings is 2. The maximum Gasteiger partial charge on any atom is 0.267 e. The summed E-state index contributed by atoms with van der Waals surface area (Å²) < 4.78 is 12.4. The summed E-state index contributed by atoms with van der Waals surface area (Å²) in [5, 5.41) is 0.628. The lowest BCUT2D eigenvalue weighted by molar-refractivity contribution is -0.123. The van der Waals surface area contributed by atoms with Crippen LogP contribution in [-0.2, 0) is 15.1 Å². The minimum absolute atomic E-state index is 0.0314. The topological polar surface area (TPSA) is 42.1 Å². The molecule has 3 aliphatic heterocycles. The molecule has 2 atom stereocenters. The van der Waals surface area contributed by atoms with Crippen molar-refractivity contribution in [3.05, 3.63) is 58.6 Å². The Labute approximate surface area is 183 Å². The Morgan fingerprint density at radius 3 is 2.50 bits per heavy atom. The zero-order valence-electron chi connectivity index (χ0n) is 17.2. The Morgan fingerprint density at radius 2 is 1.67 bits per heavy atom. The SMILES string of the molecule is O=C1N2CCCCCCCCCCOc3ccccc3[C@@H]3O[C@]13c1cc(Cl)ccc12. The highest BCUT2D eigenvalue weighted by Gasteiger charge is 2.70. The number of ether oxygens (including phenoxy) is 2. The Morgan fingerprint density at radius 1 is 0.933 bits per heavy atom. The molecule has 0 aliphatic carbocycles. The highest BCUT2D eigenvalue weighted by Crippen LogP contribution is 2.64. The monoisotopic (exact) mass is 425 g/mol. The molecule has 2 bridgehead atoms. The number of hydrogen-bond donors (Lipinski definition) is 0. The number of anilines is 1. The molecule has 0 aromatic heterocycles. The third kappa shape index (κ3) is 3.40. The lowest BCUT2D eigenvalue weighted by Gasteiger charge is -2.17. The van der Waals surface area contributed by atoms with Gasteiger partial charge in [0.2, 0.25) is 5.60 Å². The smallest absolute Gasteiger partial charge is 0.267 e. The number of amides is 1. The second kappa shape index (κ2) is 8.24. The van der Waals surface area contributed by atoms with E-state index in [4.69, 9.17) is 21.1 Å². The molecule has 158 valence electrons. The standard InChI is InChI=1S/C25H28ClNO3/c26-18-13-14-21-20(17-18)25-23(30-25)19-11-7-8-12-22(19)29-16-10-6-4-2-1-3-5-9-15-27(21)24(25)28/h7-8,11-14,17,23H,1-6,9-10,15-16H2/t23-,25-/m0/s1. The summed E-state index contributed by atoms with van der Waals surface area (Å²) >= 11 is 6.33. The van der Waals surface area contributed by atoms with Crippen LogP contribution in [0.15, 0.2) is 42.5 Å². The molecule has 5 heteroatoms. The lowest BCUT2D eigenvalue weighted by atomic mass is 9.92. The third-order valence-electron chi connectivity index (χ3n) is 6.56. The molecule has 0 saturated carbocycles. The van der Waals surface area contributed by atoms with Gasteiger partial charge in [0.15, 0.2) is 0 Å². The van der Waals surface area contributed by atoms with Gasteiger partial charge in [-0.3, -0.25) is 4.79 Å². The molecule has 1 fully saturated rings. The van der Waals surface area contributed by atoms with Crippen LogP contribution in [0.3, 0.4) is 0 Å². The van der Waals surface area contributed by atoms with Gasteiger partial charge in [0.1, 0.15) is 11.9 Å². The van der Waals surface area contributed by atoms with Gasteiger partial charge in [-0.25, -0.2) is 0 Å². The summed E-state index contributed by atoms with van der Waals surface area (Å²) in [5.41, 5.74) is 1.81. The Kier molecular flexibility index (Phi) is 5.46. The Bertz CT molecular complexity index is 946. The zero-order chi connectivity index (χ0) is 20.6. The minimum Gasteiger partial charge on any atom is -0.493 e. The summed E-state index contributed by atoms with van der Waals surface area (Å²) in [6.07, 6.45) is 9.10. The minimum atomic E-state index is -0.965. The van der Waals surface area contributed by atoms with Crippen molar-refractivity contribution in [3.63, 3.8) is 0 Å². The first-order valence-electron chi connectivity index (χ1n) is 11.2. The number of hydrogen-bond acceptors (Lipinski definition) is 3. The third-order valence-corrected chi connectivity index (χ3v) is 6.80. The van der Waals surface area contributed by atoms with Gasteiger partial charge in [-0.2, -0.15) is 0 Å². The second-order valence-corrected chi connectivity index (χ2v) is 9.00. The molecule has 3 aliphatic rings. The van der Waals surface area contributed by atoms with Crippen molar-refractivity contribution in [1.29, 1.82) is 0 Å². The van der Waals surface area contributed by atoms with E-state index in [-0.39, 0.29) is 12.0 Å². The number of epoxide rings is 1. The van der Waals surface area contributed by atoms with E-state index in [1.165, 1.54) is 32.1 Å². The van der Waals surface area contributed by atoms with E-state index in [1.54, 1.807) is 0 Å². The van der Waals surface area contributed by atoms with Crippen molar-refractivity contribution in [2.45, 2.75) is 63.1 Å². The van der Waals surface area contributed by atoms with Crippen LogP contribution in [-0.4, -0.2) is 19.1 Å². The molecule has 30 heavy (non-hydrogen) atoms. The van der Waals surface area contributed by atoms with Crippen LogP contribution in [0.4, 0.5) is 5.69 Å². The van der Waals surface area contributed by atoms with Gasteiger partial charge in [0, 0.05) is 22.7 Å². The van der Waals surface area contributed by atoms with Gasteiger partial charge >= 0.3 is 0 Å². The summed E-state index contributed by atoms with van der Waals surface area (Å²) in [7, 11) is 0. The maximum atomic E-state index is 13.6. The van der Waals surface area contributed by atoms with Crippen LogP contribution >= 0.6 is 11.6 Å². The normalized spacial score (nSPS) is 26.8. The van der Waals surface area contributed by atoms with Crippen LogP contribution in [0, 0.1) is 0 Å². The van der Waals surface area contributed by atoms with E-state index < -0.39 is 5.60 Å². The predicted molar refractivity (Wildman–Crippen MR) is 118 cm³/mol. The predicted octanol–water partition coefficient (Wildman–Crippen LogP) is 6.17. The molecular weight excluding hydrogens is 398 g/mol. The van der Waals surface area contributed by atoms with Crippen LogP contribution in [0.25, 0.3) is 0 Å². The Balaban J connectivity index is 1.51. The number of fused-ring (bicyclic) bond motifs is 5. The number of nitrogens with zero attached hydrogens (tertiary/aromatic N) is 1. The molecular formula is C25H28ClNO3. The first-order chi connectivity index (χ1) is 14.7. The number of rotatable bonds is 0. The van der Waals surface area contributed by atoms with Crippen molar-refractivity contribution in [1.82, 2.24) is 0 Å². The van der Waals surface area contributed by atoms with E-state index in [1.807, 2.05) is 47.4 Å². The maximum absolute atomic E-state index is 13.6. The van der Waals surface area contributed by atoms with Gasteiger partial charge in [0.05, 0.1) is 12.3 Å². The second-order valence-electron chi connectivity index (χ2n) is 8.57. The van der Waals surface area contributed by atoms with Crippen molar-refractivity contribution in [2.75, 3.05) is 18.1 Å². The quantitative estimate of drug-likeness (QED) is 0.474. The van der Waals surface area contributed by atoms with Crippen LogP contribution < -0.4 is 9.64 Å². The molecule has 0 unspecified atom stereocenters. The van der Waals surface area contributed by atoms with E-state index in [9.17, 15) is 4.79 Å². The molecule has 3 heterocycles. The van der Waals surface area contributed by atoms with Gasteiger partial charge in [-0.1, -0.05) is 68.3 Å². The van der Waals surface area contributed by atoms with Gasteiger partial charge in [0.25, 0.3) is 5.91 Å². The molecule has 1 saturated heterocycles. The Hall–Kier alpha value is -2.04. The summed E-state index contributed by atoms with van der Waals surface area (Å²) in [6.45, 7) is 1.42. The molecule has 0 N–H and O–H groups in total. The van der Waals surface area contributed by atoms with Crippen molar-refractivity contribution in [2.24, 2.45) is 0 Å². The van der Waals surface area contributed by atoms with Crippen molar-refractivity contribution >= 4 is 23.2 Å². The first-order valence-corrected chi connectivity index (χ1v) is 11.6. The van der Waals surface area contributed by atoms with Gasteiger partial charge in [-0.15, -0.1) is 0 Å². The summed E-state index contributed by atoms with van der Waals surface area (Å²) in [4.78, 5) is 15.5. The van der Waals surface area contributed by atoms with Crippen LogP contribution in [0.5, 0.6) is 5.75 Å². The zero-order valence-corrected chi connectivity index (χ0v) is 18.0. The number of carbonyl (C=O) groups excluding carboxylic acids is 1. The largest absolute Gasteiger partial charge is 0.493 e. The fourth-order valence-corrected chi connectivity index (χ4v) is 5.11. The van der Waals surface area contributed by atoms with E-state index >= 15 is 0 Å². The van der Waals surface area contributed by atoms with Gasteiger partial charge < -0.3 is 14.4 Å². The highest BCUT2D eigenvalue weighted by molar-refractivity contribution is 6.31. The van der Waals surface area contributed by atoms with Crippen LogP contribution in [0.1, 0.15) is 68.6 Å². The fourth-order valence-electron chi connectivity index (χ4n) is 4.93. The lowest BCUT2D eigenvalue weighted by Crippen LogP contribution is -2.34. The van der Waals surface area contributed by atoms with E-state index in [0.29, 0.717) is 11.6 Å². The fraction of sp³-hybridized carbons (Fsp3) is 0.480. The molecule has 2 aromatic carbocycles. The molecule has 0 radical (unpaired) electrons. The summed E-state index contributed by atoms with van der Waals surface area (Å²) in [6, 6.07) is 13.7. The first kappa shape index (κ1) is 19.9. The summed E-state index contributed by atoms with van der Waals surface area (Å²) in [5.74, 6) is 0.849. The van der Waals surface area contributed by atoms with Crippen molar-refractivity contribution < 1.29 is 14.3 Å². The highest BCUT2D eigenvalue weighted by atomic mass is 35.5. The van der Waals surface area contributed by atoms with E-state index in [0.717, 1.165) is 48.4 Å². The molecule has 4 nitrogen and oxygen atoms in total. The molecule has 2 aromatic rings. The number of para-hydroxylation sites is 1. The molecule has 1 spiro atoms. The van der Waals surface area contributed by atoms with Crippen molar-refractivity contribution in [3.8, 4) is 5.75 Å². The number of carbonyl (C=O) groups is 1. The van der Waals surface area contributed by atoms with E-state index in [2.05, 4.69) is 0 Å². The molecule has 1 amide bonds. The average Bonchev–Trinajstić information content (AvgIpc) is 3.46. The van der Waals surface area contributed by atoms with Gasteiger partial charge in [-0.05, 0) is 37.1 Å². The average molecular weight is 426 g/mol. The number of halogens is 1. The van der Waals surface area contributed by atoms with Crippen LogP contribution in [0.2, 0.25) is 5.02 Å².